The van der Waals surface area contributed by atoms with E-state index in [0.717, 1.165) is 0 Å². The van der Waals surface area contributed by atoms with Crippen LogP contribution in [0, 0.1) is 17.8 Å². The van der Waals surface area contributed by atoms with Gasteiger partial charge in [-0.05, 0) is 42.9 Å². The number of carbonyl (C=O) groups is 3. The van der Waals surface area contributed by atoms with Crippen LogP contribution in [0.15, 0.2) is 36.2 Å². The molecular weight excluding hydrogens is 466 g/mol. The van der Waals surface area contributed by atoms with Gasteiger partial charge in [-0.2, -0.15) is 0 Å². The lowest BCUT2D eigenvalue weighted by Gasteiger charge is -2.48. The van der Waals surface area contributed by atoms with E-state index < -0.39 is 52.7 Å². The number of phenols is 1. The summed E-state index contributed by atoms with van der Waals surface area (Å²) < 4.78 is 0. The highest BCUT2D eigenvalue weighted by molar-refractivity contribution is 6.24. The largest absolute Gasteiger partial charge is 0.507 e. The van der Waals surface area contributed by atoms with E-state index in [1.807, 2.05) is 19.0 Å². The predicted octanol–water partition coefficient (Wildman–Crippen LogP) is 0.717. The van der Waals surface area contributed by atoms with Crippen LogP contribution < -0.4 is 10.6 Å². The van der Waals surface area contributed by atoms with Gasteiger partial charge in [0.25, 0.3) is 0 Å². The van der Waals surface area contributed by atoms with E-state index >= 15 is 0 Å². The topological polar surface area (TPSA) is 174 Å². The Balaban J connectivity index is 1.71. The molecule has 2 unspecified atom stereocenters. The molecule has 0 bridgehead atoms. The number of carbonyl (C=O) groups excluding carboxylic acids is 3. The summed E-state index contributed by atoms with van der Waals surface area (Å²) in [6.07, 6.45) is 1.95. The zero-order valence-electron chi connectivity index (χ0n) is 19.8. The van der Waals surface area contributed by atoms with Gasteiger partial charge in [0.15, 0.2) is 11.4 Å². The van der Waals surface area contributed by atoms with Gasteiger partial charge in [0, 0.05) is 54.8 Å². The van der Waals surface area contributed by atoms with Gasteiger partial charge in [0.1, 0.15) is 17.4 Å². The number of nitrogens with zero attached hydrogens (tertiary/aromatic N) is 2. The van der Waals surface area contributed by atoms with Crippen molar-refractivity contribution in [1.29, 1.82) is 0 Å². The lowest BCUT2D eigenvalue weighted by Crippen LogP contribution is -2.66. The molecule has 188 valence electrons. The van der Waals surface area contributed by atoms with Crippen LogP contribution in [0.25, 0.3) is 16.9 Å². The third kappa shape index (κ3) is 3.17. The maximum atomic E-state index is 13.7. The summed E-state index contributed by atoms with van der Waals surface area (Å²) in [5.41, 5.74) is 4.89. The number of hydrogen-bond acceptors (Lipinski definition) is 9. The molecule has 0 saturated heterocycles. The SMILES string of the molecule is CN(C)c1cc(-c2cccnc2)c(O)c2c1C[C@H]1C[C@H]3CC(O)C(C(N)=O)C(=O)[C@@]3(O)C(=O)C1=C2O. The highest BCUT2D eigenvalue weighted by Crippen LogP contribution is 2.54. The van der Waals surface area contributed by atoms with Crippen molar-refractivity contribution in [2.75, 3.05) is 19.0 Å². The van der Waals surface area contributed by atoms with Gasteiger partial charge in [-0.15, -0.1) is 0 Å². The summed E-state index contributed by atoms with van der Waals surface area (Å²) in [7, 11) is 3.64. The molecule has 36 heavy (non-hydrogen) atoms. The number of pyridine rings is 1. The minimum atomic E-state index is -2.60. The monoisotopic (exact) mass is 493 g/mol. The Morgan fingerprint density at radius 3 is 2.56 bits per heavy atom. The Bertz CT molecular complexity index is 1340. The van der Waals surface area contributed by atoms with Gasteiger partial charge in [-0.3, -0.25) is 19.4 Å². The van der Waals surface area contributed by atoms with Crippen LogP contribution in [0.1, 0.15) is 24.0 Å². The number of nitrogens with two attached hydrogens (primary N) is 1. The Hall–Kier alpha value is -3.76. The number of hydrogen-bond donors (Lipinski definition) is 5. The second kappa shape index (κ2) is 8.14. The fourth-order valence-corrected chi connectivity index (χ4v) is 6.11. The lowest BCUT2D eigenvalue weighted by atomic mass is 9.56. The summed E-state index contributed by atoms with van der Waals surface area (Å²) in [6, 6.07) is 5.24. The van der Waals surface area contributed by atoms with Crippen LogP contribution >= 0.6 is 0 Å². The molecule has 0 radical (unpaired) electrons. The van der Waals surface area contributed by atoms with Crippen molar-refractivity contribution >= 4 is 28.9 Å². The zero-order valence-corrected chi connectivity index (χ0v) is 19.8. The maximum absolute atomic E-state index is 13.7. The molecule has 0 spiro atoms. The molecule has 1 heterocycles. The molecule has 1 aromatic carbocycles. The zero-order chi connectivity index (χ0) is 26.1. The van der Waals surface area contributed by atoms with Crippen molar-refractivity contribution < 1.29 is 34.8 Å². The number of benzene rings is 1. The molecule has 10 heteroatoms. The van der Waals surface area contributed by atoms with Crippen LogP contribution in [0.2, 0.25) is 0 Å². The molecule has 1 amide bonds. The number of aromatic nitrogens is 1. The van der Waals surface area contributed by atoms with Gasteiger partial charge < -0.3 is 31.1 Å². The quantitative estimate of drug-likeness (QED) is 0.386. The van der Waals surface area contributed by atoms with E-state index in [0.29, 0.717) is 22.4 Å². The first kappa shape index (κ1) is 24.0. The molecular formula is C26H27N3O7. The van der Waals surface area contributed by atoms with Crippen molar-refractivity contribution in [3.63, 3.8) is 0 Å². The smallest absolute Gasteiger partial charge is 0.230 e. The fourth-order valence-electron chi connectivity index (χ4n) is 6.11. The molecule has 5 atom stereocenters. The van der Waals surface area contributed by atoms with E-state index in [1.54, 1.807) is 30.6 Å². The number of aromatic hydroxyl groups is 1. The van der Waals surface area contributed by atoms with E-state index in [1.165, 1.54) is 0 Å². The van der Waals surface area contributed by atoms with Gasteiger partial charge in [-0.25, -0.2) is 0 Å². The second-order valence-electron chi connectivity index (χ2n) is 10.0. The summed E-state index contributed by atoms with van der Waals surface area (Å²) in [4.78, 5) is 44.6. The van der Waals surface area contributed by atoms with Gasteiger partial charge >= 0.3 is 0 Å². The van der Waals surface area contributed by atoms with Crippen LogP contribution in [-0.4, -0.2) is 68.7 Å². The number of ketones is 2. The first-order valence-corrected chi connectivity index (χ1v) is 11.7. The van der Waals surface area contributed by atoms with E-state index in [4.69, 9.17) is 5.73 Å². The molecule has 10 nitrogen and oxygen atoms in total. The Kier molecular flexibility index (Phi) is 5.42. The Morgan fingerprint density at radius 1 is 1.22 bits per heavy atom. The first-order valence-electron chi connectivity index (χ1n) is 11.7. The third-order valence-corrected chi connectivity index (χ3v) is 7.82. The van der Waals surface area contributed by atoms with Crippen LogP contribution in [0.3, 0.4) is 0 Å². The first-order chi connectivity index (χ1) is 17.0. The van der Waals surface area contributed by atoms with Gasteiger partial charge in [0.05, 0.1) is 11.7 Å². The lowest BCUT2D eigenvalue weighted by molar-refractivity contribution is -0.174. The summed E-state index contributed by atoms with van der Waals surface area (Å²) >= 11 is 0. The third-order valence-electron chi connectivity index (χ3n) is 7.82. The molecule has 2 aromatic rings. The molecule has 5 rings (SSSR count). The minimum Gasteiger partial charge on any atom is -0.507 e. The predicted molar refractivity (Wildman–Crippen MR) is 129 cm³/mol. The summed E-state index contributed by atoms with van der Waals surface area (Å²) in [5.74, 6) is -7.32. The molecule has 2 fully saturated rings. The molecule has 6 N–H and O–H groups in total. The number of fused-ring (bicyclic) bond motifs is 3. The Morgan fingerprint density at radius 2 is 1.94 bits per heavy atom. The molecule has 3 aliphatic carbocycles. The molecule has 0 aliphatic heterocycles. The standard InChI is InChI=1S/C26H27N3O7/c1-29(2)16-9-14(11-4-3-5-28-10-11)21(31)19-15(16)7-12-6-13-8-17(30)20(25(27)35)24(34)26(13,36)23(33)18(12)22(19)32/h3-5,9-10,12-13,17,20,30-32,36H,6-8H2,1-2H3,(H2,27,35)/t12-,13+,17?,20?,26+/m1/s1. The number of aliphatic hydroxyl groups is 3. The number of aliphatic hydroxyl groups excluding tert-OH is 2. The molecule has 3 aliphatic rings. The van der Waals surface area contributed by atoms with Crippen LogP contribution in [-0.2, 0) is 20.8 Å². The van der Waals surface area contributed by atoms with Crippen LogP contribution in [0.4, 0.5) is 5.69 Å². The van der Waals surface area contributed by atoms with Crippen molar-refractivity contribution in [1.82, 2.24) is 4.98 Å². The highest BCUT2D eigenvalue weighted by Gasteiger charge is 2.64. The number of anilines is 1. The summed E-state index contributed by atoms with van der Waals surface area (Å²) in [6.45, 7) is 0. The summed E-state index contributed by atoms with van der Waals surface area (Å²) in [5, 5.41) is 44.4. The van der Waals surface area contributed by atoms with Crippen molar-refractivity contribution in [2.45, 2.75) is 31.0 Å². The minimum absolute atomic E-state index is 0.0523. The van der Waals surface area contributed by atoms with E-state index in [2.05, 4.69) is 4.98 Å². The second-order valence-corrected chi connectivity index (χ2v) is 10.0. The van der Waals surface area contributed by atoms with Crippen LogP contribution in [0.5, 0.6) is 5.75 Å². The van der Waals surface area contributed by atoms with E-state index in [-0.39, 0.29) is 36.1 Å². The highest BCUT2D eigenvalue weighted by atomic mass is 16.3. The maximum Gasteiger partial charge on any atom is 0.230 e. The van der Waals surface area contributed by atoms with Gasteiger partial charge in [-0.1, -0.05) is 6.07 Å². The Labute approximate surface area is 206 Å². The van der Waals surface area contributed by atoms with E-state index in [9.17, 15) is 34.8 Å². The average molecular weight is 494 g/mol. The number of amides is 1. The number of phenolic OH excluding ortho intramolecular Hbond substituents is 1. The fraction of sp³-hybridized carbons (Fsp3) is 0.385. The normalized spacial score (nSPS) is 29.3. The number of primary amides is 1. The van der Waals surface area contributed by atoms with Crippen molar-refractivity contribution in [3.8, 4) is 16.9 Å². The van der Waals surface area contributed by atoms with Gasteiger partial charge in [0.2, 0.25) is 11.7 Å². The van der Waals surface area contributed by atoms with Crippen molar-refractivity contribution in [2.24, 2.45) is 23.5 Å². The average Bonchev–Trinajstić information content (AvgIpc) is 2.81. The number of rotatable bonds is 3. The van der Waals surface area contributed by atoms with Crippen molar-refractivity contribution in [3.05, 3.63) is 47.3 Å². The number of Topliss-reactive ketones (excluding diaryl/α,β-unsaturated/α-hetero) is 2. The molecule has 2 saturated carbocycles. The molecule has 1 aromatic heterocycles.